The zero-order valence-corrected chi connectivity index (χ0v) is 15.2. The van der Waals surface area contributed by atoms with Crippen LogP contribution in [0.25, 0.3) is 0 Å². The van der Waals surface area contributed by atoms with E-state index in [4.69, 9.17) is 5.73 Å². The van der Waals surface area contributed by atoms with Crippen molar-refractivity contribution in [3.05, 3.63) is 0 Å². The summed E-state index contributed by atoms with van der Waals surface area (Å²) in [6.45, 7) is 9.24. The van der Waals surface area contributed by atoms with Crippen molar-refractivity contribution in [3.8, 4) is 0 Å². The van der Waals surface area contributed by atoms with E-state index in [0.717, 1.165) is 45.6 Å². The fourth-order valence-electron chi connectivity index (χ4n) is 2.57. The maximum Gasteiger partial charge on any atom is 0.241 e. The number of nitrogens with two attached hydrogens (primary N) is 1. The molecular formula is C14H30Cl2N4O2. The fraction of sp³-hybridized carbons (Fsp3) is 0.857. The monoisotopic (exact) mass is 356 g/mol. The molecular weight excluding hydrogens is 327 g/mol. The average Bonchev–Trinajstić information content (AvgIpc) is 2.50. The molecule has 0 unspecified atom stereocenters. The Balaban J connectivity index is 0. The maximum atomic E-state index is 11.9. The van der Waals surface area contributed by atoms with Crippen molar-refractivity contribution in [1.82, 2.24) is 15.1 Å². The molecule has 1 aliphatic heterocycles. The molecule has 0 spiro atoms. The summed E-state index contributed by atoms with van der Waals surface area (Å²) in [5, 5.41) is 2.53. The number of carbonyl (C=O) groups excluding carboxylic acids is 2. The Kier molecular flexibility index (Phi) is 13.9. The summed E-state index contributed by atoms with van der Waals surface area (Å²) in [6.07, 6.45) is 2.10. The summed E-state index contributed by atoms with van der Waals surface area (Å²) in [7, 11) is 0. The molecule has 1 aliphatic rings. The van der Waals surface area contributed by atoms with E-state index in [-0.39, 0.29) is 49.7 Å². The maximum absolute atomic E-state index is 11.9. The van der Waals surface area contributed by atoms with Gasteiger partial charge in [0.2, 0.25) is 11.8 Å². The molecule has 2 amide bonds. The van der Waals surface area contributed by atoms with Crippen LogP contribution in [-0.2, 0) is 9.59 Å². The predicted molar refractivity (Wildman–Crippen MR) is 93.7 cm³/mol. The minimum Gasteiger partial charge on any atom is -0.346 e. The van der Waals surface area contributed by atoms with E-state index in [1.54, 1.807) is 0 Å². The summed E-state index contributed by atoms with van der Waals surface area (Å²) < 4.78 is 0. The Morgan fingerprint density at radius 3 is 2.18 bits per heavy atom. The van der Waals surface area contributed by atoms with Gasteiger partial charge in [-0.25, -0.2) is 0 Å². The predicted octanol–water partition coefficient (Wildman–Crippen LogP) is 0.485. The van der Waals surface area contributed by atoms with Gasteiger partial charge in [-0.2, -0.15) is 0 Å². The van der Waals surface area contributed by atoms with Crippen molar-refractivity contribution in [2.24, 2.45) is 11.7 Å². The Labute approximate surface area is 146 Å². The van der Waals surface area contributed by atoms with Gasteiger partial charge in [-0.15, -0.1) is 24.8 Å². The molecule has 3 N–H and O–H groups in total. The molecule has 1 rings (SSSR count). The van der Waals surface area contributed by atoms with Gasteiger partial charge < -0.3 is 20.9 Å². The molecule has 132 valence electrons. The molecule has 0 aromatic carbocycles. The Morgan fingerprint density at radius 2 is 1.73 bits per heavy atom. The van der Waals surface area contributed by atoms with Crippen molar-refractivity contribution in [1.29, 1.82) is 0 Å². The first kappa shape index (κ1) is 23.7. The Hall–Kier alpha value is -0.560. The highest BCUT2D eigenvalue weighted by molar-refractivity contribution is 5.86. The second-order valence-corrected chi connectivity index (χ2v) is 5.29. The van der Waals surface area contributed by atoms with Crippen LogP contribution in [0.5, 0.6) is 0 Å². The fourth-order valence-corrected chi connectivity index (χ4v) is 2.57. The van der Waals surface area contributed by atoms with E-state index in [9.17, 15) is 9.59 Å². The third-order valence-corrected chi connectivity index (χ3v) is 4.00. The number of hydrogen-bond donors (Lipinski definition) is 2. The van der Waals surface area contributed by atoms with Crippen LogP contribution in [0.4, 0.5) is 0 Å². The highest BCUT2D eigenvalue weighted by Gasteiger charge is 2.23. The quantitative estimate of drug-likeness (QED) is 0.695. The third kappa shape index (κ3) is 8.17. The zero-order chi connectivity index (χ0) is 15.0. The third-order valence-electron chi connectivity index (χ3n) is 4.00. The number of carbonyl (C=O) groups is 2. The van der Waals surface area contributed by atoms with Crippen LogP contribution in [-0.4, -0.2) is 67.4 Å². The number of amides is 2. The Bertz CT molecular complexity index is 320. The summed E-state index contributed by atoms with van der Waals surface area (Å²) >= 11 is 0. The lowest BCUT2D eigenvalue weighted by Crippen LogP contribution is -2.46. The minimum absolute atomic E-state index is 0. The number of nitrogens with zero attached hydrogens (tertiary/aromatic N) is 2. The molecule has 0 aromatic rings. The zero-order valence-electron chi connectivity index (χ0n) is 13.5. The number of likely N-dealkylation sites (tertiary alicyclic amines) is 1. The average molecular weight is 357 g/mol. The minimum atomic E-state index is -0.283. The molecule has 8 heteroatoms. The van der Waals surface area contributed by atoms with Crippen LogP contribution < -0.4 is 11.1 Å². The van der Waals surface area contributed by atoms with Crippen LogP contribution in [0.3, 0.4) is 0 Å². The molecule has 0 aliphatic carbocycles. The van der Waals surface area contributed by atoms with Crippen molar-refractivity contribution in [2.45, 2.75) is 26.7 Å². The number of rotatable bonds is 7. The van der Waals surface area contributed by atoms with Crippen LogP contribution in [0, 0.1) is 5.92 Å². The number of hydrogen-bond acceptors (Lipinski definition) is 4. The van der Waals surface area contributed by atoms with Crippen LogP contribution in [0.2, 0.25) is 0 Å². The van der Waals surface area contributed by atoms with E-state index in [1.165, 1.54) is 0 Å². The molecule has 1 saturated heterocycles. The molecule has 6 nitrogen and oxygen atoms in total. The number of piperidine rings is 1. The Morgan fingerprint density at radius 1 is 1.18 bits per heavy atom. The molecule has 1 heterocycles. The van der Waals surface area contributed by atoms with Gasteiger partial charge in [-0.3, -0.25) is 9.59 Å². The lowest BCUT2D eigenvalue weighted by molar-refractivity contribution is -0.133. The van der Waals surface area contributed by atoms with Crippen LogP contribution in [0.15, 0.2) is 0 Å². The van der Waals surface area contributed by atoms with Gasteiger partial charge in [0.15, 0.2) is 0 Å². The molecule has 0 bridgehead atoms. The van der Waals surface area contributed by atoms with Gasteiger partial charge in [0.05, 0.1) is 13.1 Å². The summed E-state index contributed by atoms with van der Waals surface area (Å²) in [5.74, 6) is 0.389. The lowest BCUT2D eigenvalue weighted by Gasteiger charge is -2.34. The van der Waals surface area contributed by atoms with Gasteiger partial charge in [0, 0.05) is 19.6 Å². The van der Waals surface area contributed by atoms with E-state index in [2.05, 4.69) is 24.1 Å². The second-order valence-electron chi connectivity index (χ2n) is 5.29. The summed E-state index contributed by atoms with van der Waals surface area (Å²) in [4.78, 5) is 27.2. The first-order valence-electron chi connectivity index (χ1n) is 7.57. The van der Waals surface area contributed by atoms with Gasteiger partial charge >= 0.3 is 0 Å². The van der Waals surface area contributed by atoms with E-state index in [0.29, 0.717) is 5.92 Å². The molecule has 22 heavy (non-hydrogen) atoms. The highest BCUT2D eigenvalue weighted by atomic mass is 35.5. The summed E-state index contributed by atoms with van der Waals surface area (Å²) in [5.41, 5.74) is 5.19. The molecule has 1 fully saturated rings. The van der Waals surface area contributed by atoms with Gasteiger partial charge in [-0.05, 0) is 31.8 Å². The molecule has 0 atom stereocenters. The van der Waals surface area contributed by atoms with Gasteiger partial charge in [0.25, 0.3) is 0 Å². The van der Waals surface area contributed by atoms with E-state index >= 15 is 0 Å². The SMILES string of the molecule is CCN(CC)CC1CCN(C(=O)CNC(=O)CN)CC1.Cl.Cl. The standard InChI is InChI=1S/C14H28N4O2.2ClH/c1-3-17(4-2)11-12-5-7-18(8-6-12)14(20)10-16-13(19)9-15;;/h12H,3-11,15H2,1-2H3,(H,16,19);2*1H. The molecule has 0 aromatic heterocycles. The van der Waals surface area contributed by atoms with Crippen LogP contribution >= 0.6 is 24.8 Å². The summed E-state index contributed by atoms with van der Waals surface area (Å²) in [6, 6.07) is 0. The second kappa shape index (κ2) is 12.9. The van der Waals surface area contributed by atoms with Gasteiger partial charge in [-0.1, -0.05) is 13.8 Å². The smallest absolute Gasteiger partial charge is 0.241 e. The normalized spacial score (nSPS) is 15.0. The highest BCUT2D eigenvalue weighted by Crippen LogP contribution is 2.18. The number of nitrogens with one attached hydrogen (secondary N) is 1. The van der Waals surface area contributed by atoms with Crippen molar-refractivity contribution in [3.63, 3.8) is 0 Å². The van der Waals surface area contributed by atoms with Crippen LogP contribution in [0.1, 0.15) is 26.7 Å². The molecule has 0 radical (unpaired) electrons. The number of halogens is 2. The van der Waals surface area contributed by atoms with Crippen molar-refractivity contribution in [2.75, 3.05) is 45.8 Å². The van der Waals surface area contributed by atoms with E-state index < -0.39 is 0 Å². The lowest BCUT2D eigenvalue weighted by atomic mass is 9.96. The van der Waals surface area contributed by atoms with Crippen molar-refractivity contribution >= 4 is 36.6 Å². The van der Waals surface area contributed by atoms with Gasteiger partial charge in [0.1, 0.15) is 0 Å². The topological polar surface area (TPSA) is 78.7 Å². The largest absolute Gasteiger partial charge is 0.346 e. The molecule has 0 saturated carbocycles. The first-order valence-corrected chi connectivity index (χ1v) is 7.57. The first-order chi connectivity index (χ1) is 9.60. The van der Waals surface area contributed by atoms with E-state index in [1.807, 2.05) is 4.90 Å². The van der Waals surface area contributed by atoms with Crippen molar-refractivity contribution < 1.29 is 9.59 Å².